The van der Waals surface area contributed by atoms with E-state index in [1.165, 1.54) is 0 Å². The summed E-state index contributed by atoms with van der Waals surface area (Å²) in [5, 5.41) is 10.7. The molecule has 0 radical (unpaired) electrons. The maximum atomic E-state index is 12.4. The minimum atomic E-state index is -0.232. The van der Waals surface area contributed by atoms with Crippen LogP contribution >= 0.6 is 0 Å². The molecule has 0 bridgehead atoms. The Kier molecular flexibility index (Phi) is 2.78. The Morgan fingerprint density at radius 2 is 2.23 bits per heavy atom. The van der Waals surface area contributed by atoms with Gasteiger partial charge in [0.2, 0.25) is 5.95 Å². The van der Waals surface area contributed by atoms with Crippen molar-refractivity contribution in [1.82, 2.24) is 19.6 Å². The molecule has 0 aliphatic carbocycles. The van der Waals surface area contributed by atoms with E-state index in [9.17, 15) is 4.79 Å². The molecule has 0 atom stereocenters. The predicted molar refractivity (Wildman–Crippen MR) is 79.1 cm³/mol. The van der Waals surface area contributed by atoms with Crippen LogP contribution in [0.25, 0.3) is 5.78 Å². The minimum Gasteiger partial charge on any atom is -0.493 e. The molecule has 3 heterocycles. The van der Waals surface area contributed by atoms with Gasteiger partial charge in [-0.1, -0.05) is 0 Å². The molecule has 0 spiro atoms. The number of aromatic nitrogens is 4. The van der Waals surface area contributed by atoms with Crippen molar-refractivity contribution in [3.63, 3.8) is 0 Å². The molecule has 0 saturated heterocycles. The van der Waals surface area contributed by atoms with Crippen molar-refractivity contribution >= 4 is 17.6 Å². The molecule has 1 amide bonds. The average Bonchev–Trinajstić information content (AvgIpc) is 3.13. The maximum Gasteiger partial charge on any atom is 0.258 e. The highest BCUT2D eigenvalue weighted by Gasteiger charge is 2.16. The molecule has 1 N–H and O–H groups in total. The zero-order valence-electron chi connectivity index (χ0n) is 11.9. The molecule has 110 valence electrons. The summed E-state index contributed by atoms with van der Waals surface area (Å²) in [6.45, 7) is 2.54. The summed E-state index contributed by atoms with van der Waals surface area (Å²) < 4.78 is 7.08. The largest absolute Gasteiger partial charge is 0.493 e. The molecule has 7 nitrogen and oxygen atoms in total. The number of anilines is 1. The second-order valence-corrected chi connectivity index (χ2v) is 5.14. The quantitative estimate of drug-likeness (QED) is 0.777. The monoisotopic (exact) mass is 295 g/mol. The molecule has 0 saturated carbocycles. The summed E-state index contributed by atoms with van der Waals surface area (Å²) in [5.74, 6) is 1.43. The number of nitrogens with one attached hydrogen (secondary N) is 1. The Hall–Kier alpha value is -2.96. The number of carbonyl (C=O) groups is 1. The van der Waals surface area contributed by atoms with Gasteiger partial charge < -0.3 is 4.74 Å². The number of rotatable bonds is 2. The fourth-order valence-corrected chi connectivity index (χ4v) is 2.46. The third kappa shape index (κ3) is 2.07. The summed E-state index contributed by atoms with van der Waals surface area (Å²) >= 11 is 0. The lowest BCUT2D eigenvalue weighted by atomic mass is 10.1. The fraction of sp³-hybridized carbons (Fsp3) is 0.200. The molecule has 3 aromatic rings. The van der Waals surface area contributed by atoms with Crippen molar-refractivity contribution in [2.45, 2.75) is 13.3 Å². The van der Waals surface area contributed by atoms with Crippen molar-refractivity contribution in [3.8, 4) is 5.75 Å². The van der Waals surface area contributed by atoms with E-state index in [1.54, 1.807) is 16.7 Å². The van der Waals surface area contributed by atoms with Crippen LogP contribution in [0.5, 0.6) is 5.75 Å². The molecule has 2 aromatic heterocycles. The van der Waals surface area contributed by atoms with Crippen molar-refractivity contribution in [2.75, 3.05) is 11.9 Å². The van der Waals surface area contributed by atoms with Gasteiger partial charge in [0.15, 0.2) is 0 Å². The Morgan fingerprint density at radius 1 is 1.32 bits per heavy atom. The molecule has 1 aliphatic heterocycles. The van der Waals surface area contributed by atoms with Gasteiger partial charge in [0, 0.05) is 23.9 Å². The highest BCUT2D eigenvalue weighted by Crippen LogP contribution is 2.26. The number of fused-ring (bicyclic) bond motifs is 2. The van der Waals surface area contributed by atoms with Crippen LogP contribution in [0.1, 0.15) is 21.6 Å². The number of amides is 1. The van der Waals surface area contributed by atoms with E-state index < -0.39 is 0 Å². The van der Waals surface area contributed by atoms with Crippen molar-refractivity contribution in [3.05, 3.63) is 47.3 Å². The molecular weight excluding hydrogens is 282 g/mol. The van der Waals surface area contributed by atoms with E-state index in [0.717, 1.165) is 23.4 Å². The second-order valence-electron chi connectivity index (χ2n) is 5.14. The number of nitrogens with zero attached hydrogens (tertiary/aromatic N) is 4. The number of hydrogen-bond acceptors (Lipinski definition) is 5. The summed E-state index contributed by atoms with van der Waals surface area (Å²) in [5.41, 5.74) is 2.47. The third-order valence-corrected chi connectivity index (χ3v) is 3.60. The molecular formula is C15H13N5O2. The Balaban J connectivity index is 1.63. The predicted octanol–water partition coefficient (Wildman–Crippen LogP) is 1.62. The molecule has 0 fully saturated rings. The maximum absolute atomic E-state index is 12.4. The Morgan fingerprint density at radius 3 is 3.14 bits per heavy atom. The first-order valence-corrected chi connectivity index (χ1v) is 6.96. The highest BCUT2D eigenvalue weighted by molar-refractivity contribution is 6.03. The van der Waals surface area contributed by atoms with Gasteiger partial charge in [0.1, 0.15) is 5.75 Å². The van der Waals surface area contributed by atoms with Crippen LogP contribution in [0.3, 0.4) is 0 Å². The molecule has 1 aliphatic rings. The number of hydrogen-bond donors (Lipinski definition) is 1. The number of ether oxygens (including phenoxy) is 1. The molecule has 0 unspecified atom stereocenters. The first-order valence-electron chi connectivity index (χ1n) is 6.96. The lowest BCUT2D eigenvalue weighted by Crippen LogP contribution is -2.14. The molecule has 4 rings (SSSR count). The van der Waals surface area contributed by atoms with Gasteiger partial charge in [0.05, 0.1) is 6.61 Å². The number of carbonyl (C=O) groups excluding carboxylic acids is 1. The summed E-state index contributed by atoms with van der Waals surface area (Å²) in [4.78, 5) is 16.6. The molecule has 22 heavy (non-hydrogen) atoms. The third-order valence-electron chi connectivity index (χ3n) is 3.60. The fourth-order valence-electron chi connectivity index (χ4n) is 2.46. The average molecular weight is 295 g/mol. The lowest BCUT2D eigenvalue weighted by Gasteiger charge is -2.05. The van der Waals surface area contributed by atoms with E-state index in [0.29, 0.717) is 23.9 Å². The smallest absolute Gasteiger partial charge is 0.258 e. The zero-order valence-corrected chi connectivity index (χ0v) is 11.9. The van der Waals surface area contributed by atoms with Crippen LogP contribution in [-0.2, 0) is 6.42 Å². The normalized spacial score (nSPS) is 13.0. The van der Waals surface area contributed by atoms with Crippen molar-refractivity contribution < 1.29 is 9.53 Å². The summed E-state index contributed by atoms with van der Waals surface area (Å²) in [7, 11) is 0. The van der Waals surface area contributed by atoms with E-state index in [4.69, 9.17) is 4.74 Å². The van der Waals surface area contributed by atoms with E-state index in [1.807, 2.05) is 25.1 Å². The lowest BCUT2D eigenvalue weighted by molar-refractivity contribution is 0.102. The zero-order chi connectivity index (χ0) is 15.1. The van der Waals surface area contributed by atoms with Crippen LogP contribution in [0.4, 0.5) is 5.95 Å². The van der Waals surface area contributed by atoms with Gasteiger partial charge in [-0.05, 0) is 36.8 Å². The van der Waals surface area contributed by atoms with Crippen LogP contribution < -0.4 is 10.1 Å². The molecule has 1 aromatic carbocycles. The van der Waals surface area contributed by atoms with Crippen molar-refractivity contribution in [2.24, 2.45) is 0 Å². The van der Waals surface area contributed by atoms with Crippen LogP contribution in [-0.4, -0.2) is 32.1 Å². The highest BCUT2D eigenvalue weighted by atomic mass is 16.5. The van der Waals surface area contributed by atoms with E-state index in [-0.39, 0.29) is 5.91 Å². The van der Waals surface area contributed by atoms with Crippen LogP contribution in [0.15, 0.2) is 30.5 Å². The van der Waals surface area contributed by atoms with Gasteiger partial charge >= 0.3 is 0 Å². The summed E-state index contributed by atoms with van der Waals surface area (Å²) in [6, 6.07) is 7.25. The standard InChI is InChI=1S/C15H13N5O2/c1-9-4-6-20-14(16-9)18-19-15(20)17-13(21)11-2-3-12-10(8-11)5-7-22-12/h2-4,6,8H,5,7H2,1H3,(H,17,19,21). The van der Waals surface area contributed by atoms with Gasteiger partial charge in [-0.25, -0.2) is 4.98 Å². The van der Waals surface area contributed by atoms with E-state index in [2.05, 4.69) is 20.5 Å². The SMILES string of the molecule is Cc1ccn2c(NC(=O)c3ccc4c(c3)CCO4)nnc2n1. The Labute approximate surface area is 126 Å². The summed E-state index contributed by atoms with van der Waals surface area (Å²) in [6.07, 6.45) is 2.61. The van der Waals surface area contributed by atoms with Gasteiger partial charge in [-0.2, -0.15) is 0 Å². The van der Waals surface area contributed by atoms with Crippen molar-refractivity contribution in [1.29, 1.82) is 0 Å². The van der Waals surface area contributed by atoms with Crippen LogP contribution in [0, 0.1) is 6.92 Å². The van der Waals surface area contributed by atoms with Gasteiger partial charge in [-0.15, -0.1) is 10.2 Å². The van der Waals surface area contributed by atoms with Gasteiger partial charge in [0.25, 0.3) is 11.7 Å². The first kappa shape index (κ1) is 12.8. The first-order chi connectivity index (χ1) is 10.7. The van der Waals surface area contributed by atoms with E-state index >= 15 is 0 Å². The van der Waals surface area contributed by atoms with Gasteiger partial charge in [-0.3, -0.25) is 14.5 Å². The molecule has 7 heteroatoms. The second kappa shape index (κ2) is 4.80. The topological polar surface area (TPSA) is 81.4 Å². The van der Waals surface area contributed by atoms with Crippen LogP contribution in [0.2, 0.25) is 0 Å². The number of benzene rings is 1. The Bertz CT molecular complexity index is 887. The minimum absolute atomic E-state index is 0.232. The number of aryl methyl sites for hydroxylation is 1.